The van der Waals surface area contributed by atoms with Crippen molar-refractivity contribution in [3.63, 3.8) is 0 Å². The topological polar surface area (TPSA) is 105 Å². The number of carbonyl (C=O) groups is 1. The Kier molecular flexibility index (Phi) is 47.4. The number of aliphatic hydroxyl groups is 1. The average Bonchev–Trinajstić information content (AvgIpc) is 3.28. The van der Waals surface area contributed by atoms with Gasteiger partial charge >= 0.3 is 7.82 Å². The van der Waals surface area contributed by atoms with Crippen LogP contribution in [0.3, 0.4) is 0 Å². The number of hydrogen-bond donors (Lipinski definition) is 3. The summed E-state index contributed by atoms with van der Waals surface area (Å²) in [7, 11) is 1.55. The molecule has 0 saturated carbocycles. The minimum Gasteiger partial charge on any atom is -0.387 e. The van der Waals surface area contributed by atoms with Gasteiger partial charge in [-0.2, -0.15) is 0 Å². The third kappa shape index (κ3) is 50.3. The third-order valence-electron chi connectivity index (χ3n) is 12.5. The van der Waals surface area contributed by atoms with Gasteiger partial charge in [0.2, 0.25) is 5.91 Å². The van der Waals surface area contributed by atoms with Crippen LogP contribution in [0.25, 0.3) is 0 Å². The van der Waals surface area contributed by atoms with E-state index in [0.29, 0.717) is 17.4 Å². The van der Waals surface area contributed by atoms with Gasteiger partial charge in [-0.05, 0) is 70.6 Å². The lowest BCUT2D eigenvalue weighted by Gasteiger charge is -2.25. The van der Waals surface area contributed by atoms with Crippen LogP contribution in [0.1, 0.15) is 258 Å². The van der Waals surface area contributed by atoms with Crippen LogP contribution in [0.4, 0.5) is 0 Å². The van der Waals surface area contributed by atoms with Crippen LogP contribution in [0.5, 0.6) is 0 Å². The Morgan fingerprint density at radius 1 is 0.500 bits per heavy atom. The second-order valence-electron chi connectivity index (χ2n) is 20.3. The first-order valence-corrected chi connectivity index (χ1v) is 29.5. The molecule has 0 spiro atoms. The Morgan fingerprint density at radius 3 is 1.21 bits per heavy atom. The molecule has 3 unspecified atom stereocenters. The summed E-state index contributed by atoms with van der Waals surface area (Å²) in [5, 5.41) is 13.9. The van der Waals surface area contributed by atoms with E-state index in [-0.39, 0.29) is 19.1 Å². The Bertz CT molecular complexity index is 1210. The van der Waals surface area contributed by atoms with Crippen molar-refractivity contribution in [2.45, 2.75) is 270 Å². The zero-order chi connectivity index (χ0) is 48.5. The average molecular weight is 950 g/mol. The molecule has 0 aliphatic carbocycles. The number of unbranched alkanes of at least 4 members (excludes halogenated alkanes) is 32. The highest BCUT2D eigenvalue weighted by Crippen LogP contribution is 2.43. The van der Waals surface area contributed by atoms with Gasteiger partial charge < -0.3 is 19.8 Å². The van der Waals surface area contributed by atoms with Gasteiger partial charge in [0.05, 0.1) is 39.9 Å². The molecule has 0 aliphatic heterocycles. The van der Waals surface area contributed by atoms with Crippen LogP contribution in [0.15, 0.2) is 48.6 Å². The number of carbonyl (C=O) groups excluding carboxylic acids is 1. The first kappa shape index (κ1) is 64.5. The maximum atomic E-state index is 13.0. The quantitative estimate of drug-likeness (QED) is 0.0243. The maximum Gasteiger partial charge on any atom is 0.472 e. The monoisotopic (exact) mass is 950 g/mol. The van der Waals surface area contributed by atoms with Gasteiger partial charge in [0.1, 0.15) is 13.2 Å². The summed E-state index contributed by atoms with van der Waals surface area (Å²) >= 11 is 0. The van der Waals surface area contributed by atoms with Crippen molar-refractivity contribution in [1.29, 1.82) is 0 Å². The first-order chi connectivity index (χ1) is 32.0. The van der Waals surface area contributed by atoms with E-state index in [1.807, 2.05) is 27.2 Å². The summed E-state index contributed by atoms with van der Waals surface area (Å²) in [4.78, 5) is 23.3. The molecule has 0 aliphatic rings. The van der Waals surface area contributed by atoms with Crippen molar-refractivity contribution in [2.75, 3.05) is 40.9 Å². The maximum absolute atomic E-state index is 13.0. The predicted molar refractivity (Wildman–Crippen MR) is 286 cm³/mol. The number of nitrogens with zero attached hydrogens (tertiary/aromatic N) is 1. The van der Waals surface area contributed by atoms with E-state index in [1.165, 1.54) is 193 Å². The Hall–Kier alpha value is -1.54. The van der Waals surface area contributed by atoms with Gasteiger partial charge in [-0.15, -0.1) is 0 Å². The van der Waals surface area contributed by atoms with Crippen LogP contribution in [0.2, 0.25) is 0 Å². The molecule has 0 saturated heterocycles. The molecule has 0 aromatic carbocycles. The summed E-state index contributed by atoms with van der Waals surface area (Å²) in [5.74, 6) is -0.194. The fourth-order valence-electron chi connectivity index (χ4n) is 8.07. The van der Waals surface area contributed by atoms with Crippen LogP contribution in [0, 0.1) is 0 Å². The number of rotatable bonds is 51. The molecule has 0 rings (SSSR count). The summed E-state index contributed by atoms with van der Waals surface area (Å²) in [5.41, 5.74) is 0. The van der Waals surface area contributed by atoms with E-state index in [0.717, 1.165) is 44.9 Å². The summed E-state index contributed by atoms with van der Waals surface area (Å²) < 4.78 is 23.7. The summed E-state index contributed by atoms with van der Waals surface area (Å²) in [6.45, 7) is 4.81. The molecule has 3 N–H and O–H groups in total. The number of aliphatic hydroxyl groups excluding tert-OH is 1. The zero-order valence-electron chi connectivity index (χ0n) is 44.2. The summed E-state index contributed by atoms with van der Waals surface area (Å²) in [6, 6.07) is -0.873. The van der Waals surface area contributed by atoms with Crippen LogP contribution >= 0.6 is 7.82 Å². The van der Waals surface area contributed by atoms with Crippen molar-refractivity contribution < 1.29 is 32.9 Å². The molecule has 0 heterocycles. The molecule has 0 radical (unpaired) electrons. The van der Waals surface area contributed by atoms with Gasteiger partial charge in [0.25, 0.3) is 0 Å². The van der Waals surface area contributed by atoms with E-state index in [1.54, 1.807) is 6.08 Å². The Balaban J connectivity index is 4.33. The Morgan fingerprint density at radius 2 is 0.833 bits per heavy atom. The van der Waals surface area contributed by atoms with Crippen LogP contribution in [-0.2, 0) is 18.4 Å². The van der Waals surface area contributed by atoms with E-state index < -0.39 is 20.0 Å². The largest absolute Gasteiger partial charge is 0.472 e. The molecular weight excluding hydrogens is 840 g/mol. The normalized spacial score (nSPS) is 14.3. The minimum atomic E-state index is -4.36. The van der Waals surface area contributed by atoms with Crippen molar-refractivity contribution in [2.24, 2.45) is 0 Å². The lowest BCUT2D eigenvalue weighted by molar-refractivity contribution is -0.870. The molecule has 1 amide bonds. The second kappa shape index (κ2) is 48.5. The molecule has 3 atom stereocenters. The van der Waals surface area contributed by atoms with E-state index in [4.69, 9.17) is 9.05 Å². The number of hydrogen-bond acceptors (Lipinski definition) is 5. The number of quaternary nitrogens is 1. The Labute approximate surface area is 409 Å². The highest BCUT2D eigenvalue weighted by molar-refractivity contribution is 7.47. The van der Waals surface area contributed by atoms with Gasteiger partial charge in [-0.3, -0.25) is 13.8 Å². The van der Waals surface area contributed by atoms with E-state index >= 15 is 0 Å². The highest BCUT2D eigenvalue weighted by atomic mass is 31.2. The molecule has 8 nitrogen and oxygen atoms in total. The number of nitrogens with one attached hydrogen (secondary N) is 1. The number of phosphoric acid groups is 1. The molecule has 9 heteroatoms. The SMILES string of the molecule is CCCCCCCCCCC/C=C\CCCCCCCCCC(=O)NC(COP(=O)(O)OCC[N+](C)(C)C)C(O)/C=C/CC/C=C/CC/C=C/CCCCCCCCCCCCCCCC. The van der Waals surface area contributed by atoms with E-state index in [9.17, 15) is 19.4 Å². The smallest absolute Gasteiger partial charge is 0.387 e. The van der Waals surface area contributed by atoms with Crippen molar-refractivity contribution in [3.8, 4) is 0 Å². The summed E-state index contributed by atoms with van der Waals surface area (Å²) in [6.07, 6.45) is 63.5. The van der Waals surface area contributed by atoms with E-state index in [2.05, 4.69) is 55.6 Å². The van der Waals surface area contributed by atoms with Crippen LogP contribution in [-0.4, -0.2) is 73.4 Å². The first-order valence-electron chi connectivity index (χ1n) is 28.0. The van der Waals surface area contributed by atoms with Crippen molar-refractivity contribution in [1.82, 2.24) is 5.32 Å². The third-order valence-corrected chi connectivity index (χ3v) is 13.5. The lowest BCUT2D eigenvalue weighted by Crippen LogP contribution is -2.45. The molecule has 0 aromatic heterocycles. The molecule has 0 bridgehead atoms. The number of amides is 1. The zero-order valence-corrected chi connectivity index (χ0v) is 45.1. The van der Waals surface area contributed by atoms with Gasteiger partial charge in [-0.1, -0.05) is 229 Å². The highest BCUT2D eigenvalue weighted by Gasteiger charge is 2.27. The van der Waals surface area contributed by atoms with Crippen molar-refractivity contribution >= 4 is 13.7 Å². The molecule has 388 valence electrons. The number of likely N-dealkylation sites (N-methyl/N-ethyl adjacent to an activating group) is 1. The van der Waals surface area contributed by atoms with Gasteiger partial charge in [0.15, 0.2) is 0 Å². The second-order valence-corrected chi connectivity index (χ2v) is 21.7. The minimum absolute atomic E-state index is 0.0522. The standard InChI is InChI=1S/C57H109N2O6P/c1-6-8-10-12-14-16-18-20-22-24-26-28-29-30-31-32-34-36-38-40-42-44-46-48-50-56(60)55(54-65-66(62,63)64-53-52-59(3,4)5)58-57(61)51-49-47-45-43-41-39-37-35-33-27-25-23-21-19-17-15-13-11-9-7-2/h27,32-34,40,42,48,50,55-56,60H,6-26,28-31,35-39,41,43-47,49,51-54H2,1-5H3,(H-,58,61,62,63)/p+1/b33-27-,34-32+,42-40+,50-48+. The number of phosphoric ester groups is 1. The molecule has 0 aromatic rings. The van der Waals surface area contributed by atoms with Crippen molar-refractivity contribution in [3.05, 3.63) is 48.6 Å². The fourth-order valence-corrected chi connectivity index (χ4v) is 8.81. The fraction of sp³-hybridized carbons (Fsp3) is 0.842. The predicted octanol–water partition coefficient (Wildman–Crippen LogP) is 16.8. The molecular formula is C57H110N2O6P+. The lowest BCUT2D eigenvalue weighted by atomic mass is 10.0. The van der Waals surface area contributed by atoms with Gasteiger partial charge in [-0.25, -0.2) is 4.57 Å². The number of allylic oxidation sites excluding steroid dienone is 7. The molecule has 0 fully saturated rings. The molecule has 66 heavy (non-hydrogen) atoms. The van der Waals surface area contributed by atoms with Gasteiger partial charge in [0, 0.05) is 6.42 Å². The van der Waals surface area contributed by atoms with Crippen LogP contribution < -0.4 is 5.32 Å².